The van der Waals surface area contributed by atoms with Gasteiger partial charge in [-0.1, -0.05) is 75.0 Å². The van der Waals surface area contributed by atoms with Crippen molar-refractivity contribution in [3.05, 3.63) is 42.2 Å². The lowest BCUT2D eigenvalue weighted by molar-refractivity contribution is -0.144. The number of hydrogen-bond donors (Lipinski definition) is 1. The largest absolute Gasteiger partial charge is 0.481 e. The third-order valence-corrected chi connectivity index (χ3v) is 5.86. The lowest BCUT2D eigenvalue weighted by atomic mass is 9.72. The maximum Gasteiger partial charge on any atom is 0.314 e. The van der Waals surface area contributed by atoms with Crippen LogP contribution in [0, 0.1) is 0 Å². The zero-order valence-electron chi connectivity index (χ0n) is 17.2. The molecule has 156 valence electrons. The van der Waals surface area contributed by atoms with Gasteiger partial charge in [0.1, 0.15) is 6.33 Å². The van der Waals surface area contributed by atoms with Crippen molar-refractivity contribution in [2.24, 2.45) is 0 Å². The van der Waals surface area contributed by atoms with Crippen molar-refractivity contribution in [3.8, 4) is 11.3 Å². The Morgan fingerprint density at radius 3 is 2.60 bits per heavy atom. The van der Waals surface area contributed by atoms with Crippen LogP contribution in [0.2, 0.25) is 0 Å². The van der Waals surface area contributed by atoms with E-state index in [0.29, 0.717) is 35.5 Å². The molecule has 0 aliphatic heterocycles. The first-order chi connectivity index (χ1) is 14.6. The fraction of sp³-hybridized carbons (Fsp3) is 0.429. The predicted molar refractivity (Wildman–Crippen MR) is 111 cm³/mol. The Balaban J connectivity index is 2.06. The molecule has 0 amide bonds. The summed E-state index contributed by atoms with van der Waals surface area (Å²) in [6.07, 6.45) is 6.32. The molecule has 3 heterocycles. The molecule has 0 fully saturated rings. The molecule has 0 saturated carbocycles. The minimum atomic E-state index is -1.13. The summed E-state index contributed by atoms with van der Waals surface area (Å²) in [6.45, 7) is 4.06. The Morgan fingerprint density at radius 2 is 1.90 bits per heavy atom. The number of fused-ring (bicyclic) bond motifs is 3. The molecule has 9 nitrogen and oxygen atoms in total. The van der Waals surface area contributed by atoms with Gasteiger partial charge in [0.2, 0.25) is 0 Å². The van der Waals surface area contributed by atoms with Gasteiger partial charge in [0.25, 0.3) is 5.78 Å². The SMILES string of the molecule is CCCCCCC(CC)(C(=O)O)c1c(-c2ccccc2)n2nnnc2n2ncnc12. The number of rotatable bonds is 9. The molecule has 1 N–H and O–H groups in total. The summed E-state index contributed by atoms with van der Waals surface area (Å²) in [5.74, 6) is -0.470. The third-order valence-electron chi connectivity index (χ3n) is 5.86. The topological polar surface area (TPSA) is 111 Å². The average Bonchev–Trinajstić information content (AvgIpc) is 3.43. The lowest BCUT2D eigenvalue weighted by Gasteiger charge is -2.31. The molecule has 4 aromatic rings. The molecule has 3 aromatic heterocycles. The minimum absolute atomic E-state index is 0.395. The molecule has 0 aliphatic carbocycles. The maximum atomic E-state index is 12.8. The van der Waals surface area contributed by atoms with Gasteiger partial charge in [-0.3, -0.25) is 4.79 Å². The zero-order valence-corrected chi connectivity index (χ0v) is 17.2. The molecule has 30 heavy (non-hydrogen) atoms. The van der Waals surface area contributed by atoms with E-state index in [-0.39, 0.29) is 0 Å². The summed E-state index contributed by atoms with van der Waals surface area (Å²) in [4.78, 5) is 17.3. The Bertz CT molecular complexity index is 1170. The van der Waals surface area contributed by atoms with Gasteiger partial charge in [-0.25, -0.2) is 4.98 Å². The van der Waals surface area contributed by atoms with Crippen LogP contribution in [0.5, 0.6) is 0 Å². The average molecular weight is 407 g/mol. The molecule has 4 rings (SSSR count). The van der Waals surface area contributed by atoms with Crippen LogP contribution >= 0.6 is 0 Å². The van der Waals surface area contributed by atoms with Gasteiger partial charge in [-0.2, -0.15) is 14.1 Å². The van der Waals surface area contributed by atoms with Crippen LogP contribution < -0.4 is 0 Å². The van der Waals surface area contributed by atoms with Crippen LogP contribution in [0.3, 0.4) is 0 Å². The molecule has 0 saturated heterocycles. The van der Waals surface area contributed by atoms with E-state index < -0.39 is 11.4 Å². The van der Waals surface area contributed by atoms with E-state index in [9.17, 15) is 9.90 Å². The first-order valence-electron chi connectivity index (χ1n) is 10.4. The Labute approximate surface area is 173 Å². The Morgan fingerprint density at radius 1 is 1.10 bits per heavy atom. The standard InChI is InChI=1S/C21H25N7O2/c1-3-5-6-10-13-21(4-2,19(29)30)16-17(15-11-8-7-9-12-15)27-20(24-25-26-27)28-18(16)22-14-23-28/h7-9,11-12,14H,3-6,10,13H2,1-2H3,(H,29,30). The van der Waals surface area contributed by atoms with Crippen LogP contribution in [0.4, 0.5) is 0 Å². The summed E-state index contributed by atoms with van der Waals surface area (Å²) >= 11 is 0. The van der Waals surface area contributed by atoms with Crippen LogP contribution in [0.25, 0.3) is 22.7 Å². The fourth-order valence-corrected chi connectivity index (χ4v) is 4.23. The minimum Gasteiger partial charge on any atom is -0.481 e. The predicted octanol–water partition coefficient (Wildman–Crippen LogP) is 3.54. The van der Waals surface area contributed by atoms with Crippen molar-refractivity contribution in [1.82, 2.24) is 34.6 Å². The lowest BCUT2D eigenvalue weighted by Crippen LogP contribution is -2.37. The van der Waals surface area contributed by atoms with Crippen molar-refractivity contribution >= 4 is 17.4 Å². The van der Waals surface area contributed by atoms with Gasteiger partial charge in [-0.15, -0.1) is 0 Å². The number of carbonyl (C=O) groups is 1. The monoisotopic (exact) mass is 407 g/mol. The zero-order chi connectivity index (χ0) is 21.1. The van der Waals surface area contributed by atoms with E-state index in [1.54, 1.807) is 4.52 Å². The number of aliphatic carboxylic acids is 1. The summed E-state index contributed by atoms with van der Waals surface area (Å²) in [7, 11) is 0. The highest BCUT2D eigenvalue weighted by Gasteiger charge is 2.44. The van der Waals surface area contributed by atoms with Crippen LogP contribution in [-0.4, -0.2) is 45.7 Å². The molecule has 1 aromatic carbocycles. The van der Waals surface area contributed by atoms with Gasteiger partial charge >= 0.3 is 5.97 Å². The van der Waals surface area contributed by atoms with Gasteiger partial charge in [0.05, 0.1) is 11.1 Å². The van der Waals surface area contributed by atoms with Crippen molar-refractivity contribution in [3.63, 3.8) is 0 Å². The molecular weight excluding hydrogens is 382 g/mol. The normalized spacial score (nSPS) is 13.7. The van der Waals surface area contributed by atoms with E-state index in [4.69, 9.17) is 0 Å². The number of tetrazole rings is 1. The van der Waals surface area contributed by atoms with Gasteiger partial charge in [0.15, 0.2) is 5.65 Å². The van der Waals surface area contributed by atoms with Crippen molar-refractivity contribution in [2.45, 2.75) is 57.8 Å². The molecule has 0 bridgehead atoms. The van der Waals surface area contributed by atoms with Crippen molar-refractivity contribution in [2.75, 3.05) is 0 Å². The van der Waals surface area contributed by atoms with E-state index >= 15 is 0 Å². The number of nitrogens with zero attached hydrogens (tertiary/aromatic N) is 7. The number of unbranched alkanes of at least 4 members (excludes halogenated alkanes) is 3. The number of benzene rings is 1. The summed E-state index contributed by atoms with van der Waals surface area (Å²) in [5, 5.41) is 26.9. The first kappa shape index (κ1) is 19.9. The van der Waals surface area contributed by atoms with Gasteiger partial charge in [0, 0.05) is 11.1 Å². The summed E-state index contributed by atoms with van der Waals surface area (Å²) in [5.41, 5.74) is 1.44. The molecule has 1 unspecified atom stereocenters. The van der Waals surface area contributed by atoms with Crippen molar-refractivity contribution in [1.29, 1.82) is 0 Å². The second kappa shape index (κ2) is 8.17. The first-order valence-corrected chi connectivity index (χ1v) is 10.4. The Kier molecular flexibility index (Phi) is 5.43. The van der Waals surface area contributed by atoms with E-state index in [0.717, 1.165) is 31.2 Å². The molecule has 1 atom stereocenters. The number of carboxylic acid groups (broad SMARTS) is 1. The summed E-state index contributed by atoms with van der Waals surface area (Å²) in [6, 6.07) is 9.63. The number of hydrogen-bond acceptors (Lipinski definition) is 6. The smallest absolute Gasteiger partial charge is 0.314 e. The summed E-state index contributed by atoms with van der Waals surface area (Å²) < 4.78 is 3.10. The fourth-order valence-electron chi connectivity index (χ4n) is 4.23. The second-order valence-electron chi connectivity index (χ2n) is 7.53. The maximum absolute atomic E-state index is 12.8. The highest BCUT2D eigenvalue weighted by molar-refractivity contribution is 5.89. The molecule has 0 aliphatic rings. The highest BCUT2D eigenvalue weighted by atomic mass is 16.4. The molecule has 0 spiro atoms. The van der Waals surface area contributed by atoms with Crippen molar-refractivity contribution < 1.29 is 9.90 Å². The van der Waals surface area contributed by atoms with Crippen LogP contribution in [0.1, 0.15) is 57.9 Å². The molecular formula is C21H25N7O2. The van der Waals surface area contributed by atoms with Crippen LogP contribution in [0.15, 0.2) is 36.7 Å². The molecule has 9 heteroatoms. The van der Waals surface area contributed by atoms with E-state index in [1.165, 1.54) is 10.8 Å². The quantitative estimate of drug-likeness (QED) is 0.422. The number of carboxylic acids is 1. The van der Waals surface area contributed by atoms with Gasteiger partial charge in [-0.05, 0) is 23.3 Å². The van der Waals surface area contributed by atoms with Gasteiger partial charge < -0.3 is 5.11 Å². The third kappa shape index (κ3) is 3.10. The number of aromatic nitrogens is 7. The Hall–Kier alpha value is -3.36. The highest BCUT2D eigenvalue weighted by Crippen LogP contribution is 2.42. The second-order valence-corrected chi connectivity index (χ2v) is 7.53. The van der Waals surface area contributed by atoms with Crippen LogP contribution in [-0.2, 0) is 10.2 Å². The molecule has 0 radical (unpaired) electrons. The van der Waals surface area contributed by atoms with E-state index in [2.05, 4.69) is 32.5 Å². The van der Waals surface area contributed by atoms with E-state index in [1.807, 2.05) is 37.3 Å².